The van der Waals surface area contributed by atoms with Gasteiger partial charge in [-0.05, 0) is 6.92 Å². The normalized spacial score (nSPS) is 21.8. The Hall–Kier alpha value is -0.920. The Labute approximate surface area is 69.3 Å². The number of carboxylic acids is 1. The third-order valence-corrected chi connectivity index (χ3v) is 1.53. The van der Waals surface area contributed by atoms with E-state index in [0.29, 0.717) is 0 Å². The van der Waals surface area contributed by atoms with Crippen molar-refractivity contribution in [3.63, 3.8) is 0 Å². The molecule has 13 heavy (non-hydrogen) atoms. The first-order valence-electron chi connectivity index (χ1n) is 2.91. The molecule has 0 rings (SSSR count). The summed E-state index contributed by atoms with van der Waals surface area (Å²) < 4.78 is 60.4. The molecule has 0 heterocycles. The zero-order chi connectivity index (χ0) is 11.1. The summed E-state index contributed by atoms with van der Waals surface area (Å²) in [7, 11) is 0. The molecule has 78 valence electrons. The zero-order valence-corrected chi connectivity index (χ0v) is 6.32. The second kappa shape index (κ2) is 2.79. The monoisotopic (exact) mass is 207 g/mol. The van der Waals surface area contributed by atoms with Gasteiger partial charge < -0.3 is 5.11 Å². The standard InChI is InChI=1S/C5H6F5NO2/c1-3(6,5(8,9)10)4(7,11)2(12)13/h11H2,1H3,(H,12,13). The summed E-state index contributed by atoms with van der Waals surface area (Å²) in [6.45, 7) is -0.277. The fourth-order valence-corrected chi connectivity index (χ4v) is 0.407. The summed E-state index contributed by atoms with van der Waals surface area (Å²) in [6.07, 6.45) is -5.69. The molecule has 0 radical (unpaired) electrons. The fraction of sp³-hybridized carbons (Fsp3) is 0.800. The Morgan fingerprint density at radius 2 is 1.54 bits per heavy atom. The highest BCUT2D eigenvalue weighted by Crippen LogP contribution is 2.41. The molecule has 0 spiro atoms. The molecule has 0 fully saturated rings. The summed E-state index contributed by atoms with van der Waals surface area (Å²) in [5.41, 5.74) is -0.571. The van der Waals surface area contributed by atoms with E-state index < -0.39 is 23.6 Å². The molecule has 0 aromatic heterocycles. The first kappa shape index (κ1) is 12.1. The summed E-state index contributed by atoms with van der Waals surface area (Å²) in [5, 5.41) is 7.90. The van der Waals surface area contributed by atoms with Crippen LogP contribution in [-0.2, 0) is 4.79 Å². The summed E-state index contributed by atoms with van der Waals surface area (Å²) >= 11 is 0. The topological polar surface area (TPSA) is 63.3 Å². The Morgan fingerprint density at radius 3 is 1.62 bits per heavy atom. The number of carbonyl (C=O) groups is 1. The van der Waals surface area contributed by atoms with E-state index in [9.17, 15) is 26.7 Å². The minimum Gasteiger partial charge on any atom is -0.478 e. The van der Waals surface area contributed by atoms with E-state index in [0.717, 1.165) is 0 Å². The maximum absolute atomic E-state index is 12.6. The molecule has 0 bridgehead atoms. The van der Waals surface area contributed by atoms with Crippen LogP contribution in [0, 0.1) is 0 Å². The van der Waals surface area contributed by atoms with Gasteiger partial charge in [0.1, 0.15) is 0 Å². The number of alkyl halides is 5. The smallest absolute Gasteiger partial charge is 0.427 e. The molecule has 0 aromatic carbocycles. The molecule has 3 nitrogen and oxygen atoms in total. The van der Waals surface area contributed by atoms with Crippen molar-refractivity contribution in [2.75, 3.05) is 0 Å². The lowest BCUT2D eigenvalue weighted by Gasteiger charge is -2.31. The molecule has 0 aliphatic carbocycles. The summed E-state index contributed by atoms with van der Waals surface area (Å²) in [4.78, 5) is 9.87. The largest absolute Gasteiger partial charge is 0.478 e. The van der Waals surface area contributed by atoms with E-state index in [4.69, 9.17) is 5.11 Å². The van der Waals surface area contributed by atoms with Crippen LogP contribution in [0.25, 0.3) is 0 Å². The van der Waals surface area contributed by atoms with Crippen LogP contribution in [-0.4, -0.2) is 28.7 Å². The summed E-state index contributed by atoms with van der Waals surface area (Å²) in [5.74, 6) is -7.21. The van der Waals surface area contributed by atoms with Crippen molar-refractivity contribution in [2.24, 2.45) is 5.73 Å². The number of nitrogens with two attached hydrogens (primary N) is 1. The molecule has 0 aliphatic heterocycles. The number of carboxylic acid groups (broad SMARTS) is 1. The molecule has 0 saturated heterocycles. The van der Waals surface area contributed by atoms with E-state index >= 15 is 0 Å². The van der Waals surface area contributed by atoms with Crippen molar-refractivity contribution in [1.82, 2.24) is 0 Å². The van der Waals surface area contributed by atoms with Crippen LogP contribution in [0.3, 0.4) is 0 Å². The Morgan fingerprint density at radius 1 is 1.23 bits per heavy atom. The van der Waals surface area contributed by atoms with Crippen molar-refractivity contribution in [1.29, 1.82) is 0 Å². The highest BCUT2D eigenvalue weighted by molar-refractivity contribution is 5.78. The van der Waals surface area contributed by atoms with Gasteiger partial charge in [-0.2, -0.15) is 13.2 Å². The average molecular weight is 207 g/mol. The van der Waals surface area contributed by atoms with E-state index in [1.807, 2.05) is 0 Å². The lowest BCUT2D eigenvalue weighted by Crippen LogP contribution is -2.65. The lowest BCUT2D eigenvalue weighted by atomic mass is 9.96. The third kappa shape index (κ3) is 1.71. The van der Waals surface area contributed by atoms with Gasteiger partial charge in [-0.15, -0.1) is 0 Å². The number of halogens is 5. The first-order valence-corrected chi connectivity index (χ1v) is 2.91. The number of hydrogen-bond acceptors (Lipinski definition) is 2. The van der Waals surface area contributed by atoms with Gasteiger partial charge in [-0.1, -0.05) is 0 Å². The van der Waals surface area contributed by atoms with Crippen LogP contribution in [0.1, 0.15) is 6.92 Å². The predicted octanol–water partition coefficient (Wildman–Crippen LogP) is 0.986. The molecular formula is C5H6F5NO2. The quantitative estimate of drug-likeness (QED) is 0.524. The van der Waals surface area contributed by atoms with Crippen LogP contribution < -0.4 is 5.73 Å². The first-order chi connectivity index (χ1) is 5.44. The number of rotatable bonds is 2. The molecule has 0 aromatic rings. The van der Waals surface area contributed by atoms with Crippen LogP contribution in [0.15, 0.2) is 0 Å². The SMILES string of the molecule is CC(F)(C(F)(F)F)C(N)(F)C(=O)O. The maximum atomic E-state index is 12.6. The Balaban J connectivity index is 5.16. The lowest BCUT2D eigenvalue weighted by molar-refractivity contribution is -0.265. The molecule has 0 amide bonds. The molecule has 2 atom stereocenters. The molecule has 8 heteroatoms. The molecule has 0 saturated carbocycles. The van der Waals surface area contributed by atoms with E-state index in [2.05, 4.69) is 5.73 Å². The third-order valence-electron chi connectivity index (χ3n) is 1.53. The molecule has 3 N–H and O–H groups in total. The van der Waals surface area contributed by atoms with E-state index in [-0.39, 0.29) is 6.92 Å². The average Bonchev–Trinajstić information content (AvgIpc) is 1.84. The van der Waals surface area contributed by atoms with Crippen molar-refractivity contribution in [2.45, 2.75) is 24.6 Å². The van der Waals surface area contributed by atoms with Crippen molar-refractivity contribution in [3.05, 3.63) is 0 Å². The van der Waals surface area contributed by atoms with E-state index in [1.54, 1.807) is 0 Å². The van der Waals surface area contributed by atoms with Gasteiger partial charge in [-0.3, -0.25) is 5.73 Å². The zero-order valence-electron chi connectivity index (χ0n) is 6.32. The molecule has 2 unspecified atom stereocenters. The van der Waals surface area contributed by atoms with Crippen LogP contribution in [0.4, 0.5) is 22.0 Å². The fourth-order valence-electron chi connectivity index (χ4n) is 0.407. The minimum atomic E-state index is -5.69. The van der Waals surface area contributed by atoms with Gasteiger partial charge in [0.15, 0.2) is 0 Å². The van der Waals surface area contributed by atoms with Crippen molar-refractivity contribution in [3.8, 4) is 0 Å². The van der Waals surface area contributed by atoms with Gasteiger partial charge >= 0.3 is 12.1 Å². The van der Waals surface area contributed by atoms with Crippen molar-refractivity contribution >= 4 is 5.97 Å². The van der Waals surface area contributed by atoms with Gasteiger partial charge in [0, 0.05) is 0 Å². The van der Waals surface area contributed by atoms with Crippen LogP contribution in [0.5, 0.6) is 0 Å². The maximum Gasteiger partial charge on any atom is 0.427 e. The van der Waals surface area contributed by atoms with Crippen molar-refractivity contribution < 1.29 is 31.9 Å². The van der Waals surface area contributed by atoms with Crippen LogP contribution >= 0.6 is 0 Å². The Kier molecular flexibility index (Phi) is 2.59. The second-order valence-corrected chi connectivity index (χ2v) is 2.52. The molecular weight excluding hydrogens is 201 g/mol. The van der Waals surface area contributed by atoms with Gasteiger partial charge in [-0.25, -0.2) is 13.6 Å². The highest BCUT2D eigenvalue weighted by Gasteiger charge is 2.68. The summed E-state index contributed by atoms with van der Waals surface area (Å²) in [6, 6.07) is 0. The van der Waals surface area contributed by atoms with Gasteiger partial charge in [0.2, 0.25) is 0 Å². The second-order valence-electron chi connectivity index (χ2n) is 2.52. The minimum absolute atomic E-state index is 0.277. The highest BCUT2D eigenvalue weighted by atomic mass is 19.4. The predicted molar refractivity (Wildman–Crippen MR) is 31.2 cm³/mol. The molecule has 0 aliphatic rings. The van der Waals surface area contributed by atoms with Gasteiger partial charge in [0.25, 0.3) is 11.5 Å². The van der Waals surface area contributed by atoms with Gasteiger partial charge in [0.05, 0.1) is 0 Å². The Bertz CT molecular complexity index is 221. The number of aliphatic carboxylic acids is 1. The van der Waals surface area contributed by atoms with E-state index in [1.165, 1.54) is 0 Å². The number of hydrogen-bond donors (Lipinski definition) is 2. The van der Waals surface area contributed by atoms with Crippen LogP contribution in [0.2, 0.25) is 0 Å².